The molecule has 1 saturated heterocycles. The van der Waals surface area contributed by atoms with Gasteiger partial charge in [0.2, 0.25) is 5.91 Å². The van der Waals surface area contributed by atoms with Crippen molar-refractivity contribution in [3.63, 3.8) is 0 Å². The molecule has 0 bridgehead atoms. The molecule has 2 N–H and O–H groups in total. The van der Waals surface area contributed by atoms with E-state index in [9.17, 15) is 9.18 Å². The lowest BCUT2D eigenvalue weighted by Gasteiger charge is -2.34. The summed E-state index contributed by atoms with van der Waals surface area (Å²) in [4.78, 5) is 16.6. The van der Waals surface area contributed by atoms with Crippen molar-refractivity contribution in [3.05, 3.63) is 54.3 Å². The lowest BCUT2D eigenvalue weighted by molar-refractivity contribution is -0.114. The fourth-order valence-electron chi connectivity index (χ4n) is 2.81. The first-order valence-electron chi connectivity index (χ1n) is 8.43. The van der Waals surface area contributed by atoms with Crippen molar-refractivity contribution in [1.82, 2.24) is 4.90 Å². The summed E-state index contributed by atoms with van der Waals surface area (Å²) in [5, 5.41) is 5.75. The maximum absolute atomic E-state index is 13.1. The number of halogens is 1. The van der Waals surface area contributed by atoms with Gasteiger partial charge in [-0.15, -0.1) is 0 Å². The SMILES string of the molecule is CN1CCN(c2ccc(NCC(=O)Nc3cccc(F)c3)cc2)CC1. The summed E-state index contributed by atoms with van der Waals surface area (Å²) in [5.74, 6) is -0.584. The van der Waals surface area contributed by atoms with E-state index >= 15 is 0 Å². The van der Waals surface area contributed by atoms with Gasteiger partial charge in [0.05, 0.1) is 6.54 Å². The van der Waals surface area contributed by atoms with Crippen molar-refractivity contribution in [3.8, 4) is 0 Å². The van der Waals surface area contributed by atoms with Crippen molar-refractivity contribution in [2.45, 2.75) is 0 Å². The van der Waals surface area contributed by atoms with E-state index in [1.54, 1.807) is 12.1 Å². The lowest BCUT2D eigenvalue weighted by atomic mass is 10.2. The van der Waals surface area contributed by atoms with Crippen LogP contribution in [0.2, 0.25) is 0 Å². The third-order valence-electron chi connectivity index (χ3n) is 4.30. The monoisotopic (exact) mass is 342 g/mol. The number of nitrogens with zero attached hydrogens (tertiary/aromatic N) is 2. The van der Waals surface area contributed by atoms with Gasteiger partial charge in [-0.25, -0.2) is 4.39 Å². The van der Waals surface area contributed by atoms with Crippen LogP contribution < -0.4 is 15.5 Å². The van der Waals surface area contributed by atoms with Crippen LogP contribution in [-0.2, 0) is 4.79 Å². The Morgan fingerprint density at radius 1 is 1.04 bits per heavy atom. The highest BCUT2D eigenvalue weighted by Gasteiger charge is 2.14. The Labute approximate surface area is 147 Å². The molecule has 0 unspecified atom stereocenters. The maximum atomic E-state index is 13.1. The quantitative estimate of drug-likeness (QED) is 0.877. The first-order chi connectivity index (χ1) is 12.1. The Hall–Kier alpha value is -2.60. The molecule has 0 spiro atoms. The molecule has 1 aliphatic rings. The number of benzene rings is 2. The summed E-state index contributed by atoms with van der Waals surface area (Å²) in [6.45, 7) is 4.32. The van der Waals surface area contributed by atoms with Crippen molar-refractivity contribution in [1.29, 1.82) is 0 Å². The molecule has 2 aromatic carbocycles. The zero-order valence-corrected chi connectivity index (χ0v) is 14.3. The Balaban J connectivity index is 1.49. The van der Waals surface area contributed by atoms with E-state index in [1.807, 2.05) is 12.1 Å². The highest BCUT2D eigenvalue weighted by molar-refractivity contribution is 5.93. The molecule has 3 rings (SSSR count). The average molecular weight is 342 g/mol. The second-order valence-corrected chi connectivity index (χ2v) is 6.25. The Morgan fingerprint density at radius 2 is 1.76 bits per heavy atom. The number of anilines is 3. The van der Waals surface area contributed by atoms with Crippen molar-refractivity contribution >= 4 is 23.0 Å². The van der Waals surface area contributed by atoms with Gasteiger partial charge in [-0.3, -0.25) is 4.79 Å². The predicted molar refractivity (Wildman–Crippen MR) is 99.7 cm³/mol. The summed E-state index contributed by atoms with van der Waals surface area (Å²) in [7, 11) is 2.14. The Bertz CT molecular complexity index is 712. The number of hydrogen-bond acceptors (Lipinski definition) is 4. The van der Waals surface area contributed by atoms with Gasteiger partial charge in [0.1, 0.15) is 5.82 Å². The van der Waals surface area contributed by atoms with Crippen LogP contribution in [0.1, 0.15) is 0 Å². The van der Waals surface area contributed by atoms with Crippen molar-refractivity contribution in [2.24, 2.45) is 0 Å². The average Bonchev–Trinajstić information content (AvgIpc) is 2.61. The molecule has 2 aromatic rings. The zero-order chi connectivity index (χ0) is 17.6. The third-order valence-corrected chi connectivity index (χ3v) is 4.30. The first-order valence-corrected chi connectivity index (χ1v) is 8.43. The van der Waals surface area contributed by atoms with Gasteiger partial charge in [-0.05, 0) is 49.5 Å². The van der Waals surface area contributed by atoms with E-state index in [-0.39, 0.29) is 18.3 Å². The molecule has 5 nitrogen and oxygen atoms in total. The Kier molecular flexibility index (Phi) is 5.50. The molecule has 1 amide bonds. The van der Waals surface area contributed by atoms with Crippen LogP contribution in [-0.4, -0.2) is 50.6 Å². The first kappa shape index (κ1) is 17.2. The number of nitrogens with one attached hydrogen (secondary N) is 2. The standard InChI is InChI=1S/C19H23FN4O/c1-23-9-11-24(12-10-23)18-7-5-16(6-8-18)21-14-19(25)22-17-4-2-3-15(20)13-17/h2-8,13,21H,9-12,14H2,1H3,(H,22,25). The van der Waals surface area contributed by atoms with E-state index in [2.05, 4.69) is 39.6 Å². The van der Waals surface area contributed by atoms with Gasteiger partial charge >= 0.3 is 0 Å². The van der Waals surface area contributed by atoms with Gasteiger partial charge in [0.15, 0.2) is 0 Å². The molecule has 0 radical (unpaired) electrons. The lowest BCUT2D eigenvalue weighted by Crippen LogP contribution is -2.44. The number of amides is 1. The molecule has 0 atom stereocenters. The fourth-order valence-corrected chi connectivity index (χ4v) is 2.81. The van der Waals surface area contributed by atoms with Crippen molar-refractivity contribution < 1.29 is 9.18 Å². The van der Waals surface area contributed by atoms with Gasteiger partial charge in [0.25, 0.3) is 0 Å². The van der Waals surface area contributed by atoms with Crippen LogP contribution in [0.15, 0.2) is 48.5 Å². The van der Waals surface area contributed by atoms with Crippen LogP contribution >= 0.6 is 0 Å². The molecular weight excluding hydrogens is 319 g/mol. The molecule has 1 heterocycles. The number of carbonyl (C=O) groups excluding carboxylic acids is 1. The number of rotatable bonds is 5. The number of carbonyl (C=O) groups is 1. The van der Waals surface area contributed by atoms with E-state index in [0.29, 0.717) is 5.69 Å². The van der Waals surface area contributed by atoms with Gasteiger partial charge in [-0.2, -0.15) is 0 Å². The fraction of sp³-hybridized carbons (Fsp3) is 0.316. The highest BCUT2D eigenvalue weighted by Crippen LogP contribution is 2.19. The van der Waals surface area contributed by atoms with E-state index < -0.39 is 0 Å². The molecular formula is C19H23FN4O. The van der Waals surface area contributed by atoms with Gasteiger partial charge in [0, 0.05) is 43.2 Å². The smallest absolute Gasteiger partial charge is 0.243 e. The molecule has 25 heavy (non-hydrogen) atoms. The minimum Gasteiger partial charge on any atom is -0.376 e. The molecule has 1 aliphatic heterocycles. The minimum absolute atomic E-state index is 0.129. The highest BCUT2D eigenvalue weighted by atomic mass is 19.1. The zero-order valence-electron chi connectivity index (χ0n) is 14.3. The number of piperazine rings is 1. The van der Waals surface area contributed by atoms with E-state index in [0.717, 1.165) is 31.9 Å². The van der Waals surface area contributed by atoms with E-state index in [1.165, 1.54) is 17.8 Å². The van der Waals surface area contributed by atoms with Crippen LogP contribution in [0.5, 0.6) is 0 Å². The molecule has 0 aromatic heterocycles. The number of likely N-dealkylation sites (N-methyl/N-ethyl adjacent to an activating group) is 1. The van der Waals surface area contributed by atoms with Crippen LogP contribution in [0, 0.1) is 5.82 Å². The largest absolute Gasteiger partial charge is 0.376 e. The summed E-state index contributed by atoms with van der Waals surface area (Å²) in [6.07, 6.45) is 0. The molecule has 0 saturated carbocycles. The van der Waals surface area contributed by atoms with Crippen LogP contribution in [0.4, 0.5) is 21.5 Å². The maximum Gasteiger partial charge on any atom is 0.243 e. The van der Waals surface area contributed by atoms with Gasteiger partial charge in [-0.1, -0.05) is 6.07 Å². The minimum atomic E-state index is -0.370. The topological polar surface area (TPSA) is 47.6 Å². The van der Waals surface area contributed by atoms with Crippen LogP contribution in [0.25, 0.3) is 0 Å². The molecule has 132 valence electrons. The summed E-state index contributed by atoms with van der Waals surface area (Å²) >= 11 is 0. The van der Waals surface area contributed by atoms with Gasteiger partial charge < -0.3 is 20.4 Å². The Morgan fingerprint density at radius 3 is 2.44 bits per heavy atom. The molecule has 6 heteroatoms. The summed E-state index contributed by atoms with van der Waals surface area (Å²) in [6, 6.07) is 13.9. The molecule has 0 aliphatic carbocycles. The van der Waals surface area contributed by atoms with Crippen LogP contribution in [0.3, 0.4) is 0 Å². The third kappa shape index (κ3) is 4.93. The predicted octanol–water partition coefficient (Wildman–Crippen LogP) is 2.63. The second kappa shape index (κ2) is 7.98. The normalized spacial score (nSPS) is 15.0. The summed E-state index contributed by atoms with van der Waals surface area (Å²) in [5.41, 5.74) is 2.53. The molecule has 1 fully saturated rings. The van der Waals surface area contributed by atoms with E-state index in [4.69, 9.17) is 0 Å². The number of hydrogen-bond donors (Lipinski definition) is 2. The van der Waals surface area contributed by atoms with Crippen molar-refractivity contribution in [2.75, 3.05) is 55.3 Å². The summed E-state index contributed by atoms with van der Waals surface area (Å²) < 4.78 is 13.1. The second-order valence-electron chi connectivity index (χ2n) is 6.25.